The summed E-state index contributed by atoms with van der Waals surface area (Å²) in [4.78, 5) is 12.5. The molecule has 2 aliphatic rings. The first-order chi connectivity index (χ1) is 11.7. The second kappa shape index (κ2) is 5.90. The van der Waals surface area contributed by atoms with Crippen molar-refractivity contribution in [2.75, 3.05) is 18.8 Å². The molecule has 126 valence electrons. The lowest BCUT2D eigenvalue weighted by Gasteiger charge is -2.31. The number of fused-ring (bicyclic) bond motifs is 2. The zero-order chi connectivity index (χ0) is 16.7. The standard InChI is InChI=1S/C15H16N4O4S/c1-3-21-14(20)12-13(24-15-17-16-8(2)19(15)18-12)9-4-5-10-11(6-9)23-7-22-10/h4-6,12-13,18H,3,7H2,1-2H3/t12-,13-/m1/s1. The number of carbonyl (C=O) groups excluding carboxylic acids is 1. The minimum Gasteiger partial charge on any atom is -0.464 e. The van der Waals surface area contributed by atoms with Gasteiger partial charge in [-0.3, -0.25) is 0 Å². The molecule has 3 heterocycles. The van der Waals surface area contributed by atoms with Gasteiger partial charge in [-0.05, 0) is 31.5 Å². The highest BCUT2D eigenvalue weighted by Gasteiger charge is 2.38. The molecule has 4 rings (SSSR count). The van der Waals surface area contributed by atoms with Crippen LogP contribution in [-0.2, 0) is 9.53 Å². The van der Waals surface area contributed by atoms with Gasteiger partial charge in [-0.15, -0.1) is 10.2 Å². The number of hydrogen-bond acceptors (Lipinski definition) is 8. The van der Waals surface area contributed by atoms with Crippen molar-refractivity contribution in [1.29, 1.82) is 0 Å². The molecule has 0 spiro atoms. The van der Waals surface area contributed by atoms with Crippen LogP contribution < -0.4 is 14.9 Å². The fourth-order valence-electron chi connectivity index (χ4n) is 2.72. The Kier molecular flexibility index (Phi) is 3.72. The third-order valence-corrected chi connectivity index (χ3v) is 5.14. The van der Waals surface area contributed by atoms with Gasteiger partial charge >= 0.3 is 5.97 Å². The van der Waals surface area contributed by atoms with E-state index in [2.05, 4.69) is 15.6 Å². The van der Waals surface area contributed by atoms with Crippen LogP contribution in [0.15, 0.2) is 23.4 Å². The molecule has 0 saturated heterocycles. The molecule has 0 unspecified atom stereocenters. The number of aryl methyl sites for hydroxylation is 1. The molecular weight excluding hydrogens is 332 g/mol. The molecule has 1 N–H and O–H groups in total. The summed E-state index contributed by atoms with van der Waals surface area (Å²) in [6, 6.07) is 5.12. The van der Waals surface area contributed by atoms with Gasteiger partial charge in [0.05, 0.1) is 11.9 Å². The maximum Gasteiger partial charge on any atom is 0.331 e. The molecule has 2 atom stereocenters. The van der Waals surface area contributed by atoms with Crippen LogP contribution in [0.4, 0.5) is 0 Å². The van der Waals surface area contributed by atoms with Gasteiger partial charge in [0.2, 0.25) is 11.9 Å². The maximum absolute atomic E-state index is 12.5. The van der Waals surface area contributed by atoms with Crippen LogP contribution in [0.2, 0.25) is 0 Å². The van der Waals surface area contributed by atoms with Crippen molar-refractivity contribution in [3.8, 4) is 11.5 Å². The number of thioether (sulfide) groups is 1. The molecule has 1 aromatic heterocycles. The summed E-state index contributed by atoms with van der Waals surface area (Å²) in [5, 5.41) is 8.70. The van der Waals surface area contributed by atoms with Crippen LogP contribution in [0, 0.1) is 6.92 Å². The van der Waals surface area contributed by atoms with Gasteiger partial charge in [0.1, 0.15) is 5.82 Å². The molecule has 0 fully saturated rings. The zero-order valence-corrected chi connectivity index (χ0v) is 14.0. The van der Waals surface area contributed by atoms with E-state index < -0.39 is 6.04 Å². The molecule has 0 aliphatic carbocycles. The van der Waals surface area contributed by atoms with Gasteiger partial charge in [-0.1, -0.05) is 17.8 Å². The van der Waals surface area contributed by atoms with Gasteiger partial charge < -0.3 is 19.6 Å². The Morgan fingerprint density at radius 2 is 2.25 bits per heavy atom. The molecule has 0 radical (unpaired) electrons. The summed E-state index contributed by atoms with van der Waals surface area (Å²) >= 11 is 1.47. The Balaban J connectivity index is 1.71. The Morgan fingerprint density at radius 1 is 1.42 bits per heavy atom. The summed E-state index contributed by atoms with van der Waals surface area (Å²) in [6.45, 7) is 4.15. The molecular formula is C15H16N4O4S. The first-order valence-electron chi connectivity index (χ1n) is 7.58. The topological polar surface area (TPSA) is 87.5 Å². The lowest BCUT2D eigenvalue weighted by Crippen LogP contribution is -2.43. The highest BCUT2D eigenvalue weighted by Crippen LogP contribution is 2.44. The Bertz CT molecular complexity index is 794. The van der Waals surface area contributed by atoms with Gasteiger partial charge in [0, 0.05) is 0 Å². The minimum absolute atomic E-state index is 0.212. The number of benzene rings is 1. The van der Waals surface area contributed by atoms with Crippen molar-refractivity contribution in [3.05, 3.63) is 29.6 Å². The van der Waals surface area contributed by atoms with Gasteiger partial charge in [-0.2, -0.15) is 0 Å². The molecule has 1 aromatic carbocycles. The van der Waals surface area contributed by atoms with E-state index in [1.807, 2.05) is 25.1 Å². The summed E-state index contributed by atoms with van der Waals surface area (Å²) < 4.78 is 17.7. The predicted molar refractivity (Wildman–Crippen MR) is 85.7 cm³/mol. The Hall–Kier alpha value is -2.42. The van der Waals surface area contributed by atoms with Crippen molar-refractivity contribution in [2.45, 2.75) is 30.3 Å². The molecule has 2 aliphatic heterocycles. The van der Waals surface area contributed by atoms with Crippen LogP contribution in [0.25, 0.3) is 0 Å². The monoisotopic (exact) mass is 348 g/mol. The van der Waals surface area contributed by atoms with E-state index in [9.17, 15) is 4.79 Å². The van der Waals surface area contributed by atoms with Crippen LogP contribution in [0.3, 0.4) is 0 Å². The van der Waals surface area contributed by atoms with E-state index in [0.29, 0.717) is 29.1 Å². The van der Waals surface area contributed by atoms with Crippen LogP contribution in [0.5, 0.6) is 11.5 Å². The van der Waals surface area contributed by atoms with Gasteiger partial charge in [0.25, 0.3) is 0 Å². The second-order valence-corrected chi connectivity index (χ2v) is 6.48. The summed E-state index contributed by atoms with van der Waals surface area (Å²) in [6.07, 6.45) is 0. The minimum atomic E-state index is -0.558. The van der Waals surface area contributed by atoms with Crippen molar-refractivity contribution < 1.29 is 19.0 Å². The number of rotatable bonds is 3. The van der Waals surface area contributed by atoms with Crippen molar-refractivity contribution in [1.82, 2.24) is 14.9 Å². The molecule has 24 heavy (non-hydrogen) atoms. The fraction of sp³-hybridized carbons (Fsp3) is 0.400. The molecule has 9 heteroatoms. The van der Waals surface area contributed by atoms with Crippen LogP contribution >= 0.6 is 11.8 Å². The number of carbonyl (C=O) groups is 1. The smallest absolute Gasteiger partial charge is 0.331 e. The number of esters is 1. The van der Waals surface area contributed by atoms with E-state index in [0.717, 1.165) is 5.56 Å². The van der Waals surface area contributed by atoms with Crippen LogP contribution in [0.1, 0.15) is 23.6 Å². The molecule has 2 aromatic rings. The van der Waals surface area contributed by atoms with E-state index in [-0.39, 0.29) is 18.0 Å². The average Bonchev–Trinajstić information content (AvgIpc) is 3.20. The van der Waals surface area contributed by atoms with Gasteiger partial charge in [-0.25, -0.2) is 9.47 Å². The number of nitrogens with one attached hydrogen (secondary N) is 1. The number of aromatic nitrogens is 3. The van der Waals surface area contributed by atoms with Crippen molar-refractivity contribution in [3.63, 3.8) is 0 Å². The summed E-state index contributed by atoms with van der Waals surface area (Å²) in [5.74, 6) is 1.76. The third kappa shape index (κ3) is 2.44. The largest absolute Gasteiger partial charge is 0.464 e. The summed E-state index contributed by atoms with van der Waals surface area (Å²) in [5.41, 5.74) is 4.10. The SMILES string of the molecule is CCOC(=O)[C@@H]1Nn2c(C)nnc2S[C@@H]1c1ccc2c(c1)OCO2. The molecule has 0 bridgehead atoms. The second-order valence-electron chi connectivity index (χ2n) is 5.38. The Morgan fingerprint density at radius 3 is 3.08 bits per heavy atom. The van der Waals surface area contributed by atoms with Crippen LogP contribution in [-0.4, -0.2) is 40.3 Å². The maximum atomic E-state index is 12.5. The zero-order valence-electron chi connectivity index (χ0n) is 13.2. The first kappa shape index (κ1) is 15.1. The molecule has 8 nitrogen and oxygen atoms in total. The van der Waals surface area contributed by atoms with Gasteiger partial charge in [0.15, 0.2) is 17.5 Å². The van der Waals surface area contributed by atoms with E-state index >= 15 is 0 Å². The lowest BCUT2D eigenvalue weighted by molar-refractivity contribution is -0.144. The highest BCUT2D eigenvalue weighted by atomic mass is 32.2. The lowest BCUT2D eigenvalue weighted by atomic mass is 10.0. The van der Waals surface area contributed by atoms with E-state index in [1.54, 1.807) is 11.6 Å². The molecule has 0 amide bonds. The summed E-state index contributed by atoms with van der Waals surface area (Å²) in [7, 11) is 0. The molecule has 0 saturated carbocycles. The quantitative estimate of drug-likeness (QED) is 0.838. The number of nitrogens with zero attached hydrogens (tertiary/aromatic N) is 3. The number of ether oxygens (including phenoxy) is 3. The number of hydrogen-bond donors (Lipinski definition) is 1. The van der Waals surface area contributed by atoms with E-state index in [1.165, 1.54) is 11.8 Å². The predicted octanol–water partition coefficient (Wildman–Crippen LogP) is 1.64. The van der Waals surface area contributed by atoms with E-state index in [4.69, 9.17) is 14.2 Å². The van der Waals surface area contributed by atoms with Crippen molar-refractivity contribution >= 4 is 17.7 Å². The fourth-order valence-corrected chi connectivity index (χ4v) is 3.91. The third-order valence-electron chi connectivity index (χ3n) is 3.86. The first-order valence-corrected chi connectivity index (χ1v) is 8.46. The highest BCUT2D eigenvalue weighted by molar-refractivity contribution is 7.99. The average molecular weight is 348 g/mol. The normalized spacial score (nSPS) is 21.1. The van der Waals surface area contributed by atoms with Crippen molar-refractivity contribution in [2.24, 2.45) is 0 Å². The Labute approximate surface area is 142 Å².